The molecule has 16 heavy (non-hydrogen) atoms. The number of phenolic OH excluding ortho intramolecular Hbond substituents is 1. The summed E-state index contributed by atoms with van der Waals surface area (Å²) in [5.41, 5.74) is 4.36. The van der Waals surface area contributed by atoms with E-state index in [9.17, 15) is 5.11 Å². The first-order valence-electron chi connectivity index (χ1n) is 5.34. The number of phenols is 1. The SMILES string of the molecule is CC1=C(c2ccc(O)cc2C)N(C)CC=N1. The van der Waals surface area contributed by atoms with Crippen LogP contribution in [0.4, 0.5) is 0 Å². The molecule has 0 atom stereocenters. The van der Waals surface area contributed by atoms with Gasteiger partial charge >= 0.3 is 0 Å². The average Bonchev–Trinajstić information content (AvgIpc) is 2.20. The van der Waals surface area contributed by atoms with E-state index in [1.54, 1.807) is 12.1 Å². The van der Waals surface area contributed by atoms with Crippen LogP contribution < -0.4 is 0 Å². The van der Waals surface area contributed by atoms with Crippen LogP contribution in [0, 0.1) is 6.92 Å². The molecule has 2 rings (SSSR count). The molecule has 1 heterocycles. The van der Waals surface area contributed by atoms with Gasteiger partial charge in [-0.3, -0.25) is 4.99 Å². The zero-order valence-corrected chi connectivity index (χ0v) is 9.86. The van der Waals surface area contributed by atoms with Crippen LogP contribution in [-0.2, 0) is 0 Å². The average molecular weight is 216 g/mol. The molecule has 3 heteroatoms. The van der Waals surface area contributed by atoms with Crippen molar-refractivity contribution >= 4 is 11.9 Å². The smallest absolute Gasteiger partial charge is 0.115 e. The number of allylic oxidation sites excluding steroid dienone is 1. The Kier molecular flexibility index (Phi) is 2.69. The Morgan fingerprint density at radius 1 is 1.31 bits per heavy atom. The molecular weight excluding hydrogens is 200 g/mol. The molecule has 0 bridgehead atoms. The first kappa shape index (κ1) is 10.7. The molecule has 0 fully saturated rings. The Hall–Kier alpha value is -1.77. The molecule has 1 aromatic carbocycles. The predicted octanol–water partition coefficient (Wildman–Crippen LogP) is 2.41. The van der Waals surface area contributed by atoms with E-state index in [2.05, 4.69) is 16.9 Å². The quantitative estimate of drug-likeness (QED) is 0.782. The summed E-state index contributed by atoms with van der Waals surface area (Å²) in [6.45, 7) is 4.84. The Bertz CT molecular complexity index is 475. The summed E-state index contributed by atoms with van der Waals surface area (Å²) in [5, 5.41) is 9.41. The van der Waals surface area contributed by atoms with Crippen molar-refractivity contribution in [1.29, 1.82) is 0 Å². The van der Waals surface area contributed by atoms with Gasteiger partial charge in [0.15, 0.2) is 0 Å². The summed E-state index contributed by atoms with van der Waals surface area (Å²) in [5.74, 6) is 0.307. The first-order valence-corrected chi connectivity index (χ1v) is 5.34. The normalized spacial score (nSPS) is 15.8. The van der Waals surface area contributed by atoms with Gasteiger partial charge in [-0.15, -0.1) is 0 Å². The molecule has 0 radical (unpaired) electrons. The van der Waals surface area contributed by atoms with Crippen molar-refractivity contribution in [2.75, 3.05) is 13.6 Å². The largest absolute Gasteiger partial charge is 0.508 e. The van der Waals surface area contributed by atoms with Crippen molar-refractivity contribution in [1.82, 2.24) is 4.90 Å². The van der Waals surface area contributed by atoms with Crippen LogP contribution in [0.1, 0.15) is 18.1 Å². The maximum atomic E-state index is 9.41. The molecular formula is C13H16N2O. The zero-order chi connectivity index (χ0) is 11.7. The van der Waals surface area contributed by atoms with Gasteiger partial charge in [0.1, 0.15) is 5.75 Å². The van der Waals surface area contributed by atoms with Gasteiger partial charge in [-0.2, -0.15) is 0 Å². The Labute approximate surface area is 95.7 Å². The molecule has 1 aromatic rings. The number of benzene rings is 1. The highest BCUT2D eigenvalue weighted by Crippen LogP contribution is 2.28. The molecule has 84 valence electrons. The minimum absolute atomic E-state index is 0.307. The minimum atomic E-state index is 0.307. The van der Waals surface area contributed by atoms with E-state index in [0.29, 0.717) is 5.75 Å². The first-order chi connectivity index (χ1) is 7.59. The lowest BCUT2D eigenvalue weighted by atomic mass is 10.0. The topological polar surface area (TPSA) is 35.8 Å². The highest BCUT2D eigenvalue weighted by Gasteiger charge is 2.15. The minimum Gasteiger partial charge on any atom is -0.508 e. The van der Waals surface area contributed by atoms with Crippen LogP contribution in [0.5, 0.6) is 5.75 Å². The van der Waals surface area contributed by atoms with Crippen LogP contribution in [0.25, 0.3) is 5.70 Å². The standard InChI is InChI=1S/C13H16N2O/c1-9-8-11(16)4-5-12(9)13-10(2)14-6-7-15(13)3/h4-6,8,16H,7H2,1-3H3. The molecule has 0 saturated carbocycles. The Balaban J connectivity index is 2.54. The Morgan fingerprint density at radius 2 is 2.06 bits per heavy atom. The van der Waals surface area contributed by atoms with Crippen molar-refractivity contribution in [2.45, 2.75) is 13.8 Å². The summed E-state index contributed by atoms with van der Waals surface area (Å²) < 4.78 is 0. The second-order valence-corrected chi connectivity index (χ2v) is 4.13. The molecule has 3 nitrogen and oxygen atoms in total. The van der Waals surface area contributed by atoms with Gasteiger partial charge in [0, 0.05) is 18.8 Å². The van der Waals surface area contributed by atoms with Gasteiger partial charge < -0.3 is 10.0 Å². The number of nitrogens with zero attached hydrogens (tertiary/aromatic N) is 2. The van der Waals surface area contributed by atoms with Gasteiger partial charge in [0.05, 0.1) is 17.9 Å². The number of aromatic hydroxyl groups is 1. The second-order valence-electron chi connectivity index (χ2n) is 4.13. The molecule has 1 aliphatic heterocycles. The number of aliphatic imine (C=N–C) groups is 1. The van der Waals surface area contributed by atoms with Crippen molar-refractivity contribution < 1.29 is 5.11 Å². The zero-order valence-electron chi connectivity index (χ0n) is 9.86. The van der Waals surface area contributed by atoms with E-state index in [-0.39, 0.29) is 0 Å². The van der Waals surface area contributed by atoms with Gasteiger partial charge in [-0.25, -0.2) is 0 Å². The summed E-state index contributed by atoms with van der Waals surface area (Å²) in [4.78, 5) is 6.52. The highest BCUT2D eigenvalue weighted by atomic mass is 16.3. The van der Waals surface area contributed by atoms with Gasteiger partial charge in [-0.05, 0) is 37.6 Å². The van der Waals surface area contributed by atoms with Crippen LogP contribution in [0.2, 0.25) is 0 Å². The third-order valence-electron chi connectivity index (χ3n) is 2.83. The second kappa shape index (κ2) is 4.00. The van der Waals surface area contributed by atoms with Crippen molar-refractivity contribution in [3.63, 3.8) is 0 Å². The molecule has 0 spiro atoms. The fourth-order valence-corrected chi connectivity index (χ4v) is 2.04. The third-order valence-corrected chi connectivity index (χ3v) is 2.83. The fourth-order valence-electron chi connectivity index (χ4n) is 2.04. The highest BCUT2D eigenvalue weighted by molar-refractivity contribution is 5.77. The predicted molar refractivity (Wildman–Crippen MR) is 66.6 cm³/mol. The maximum Gasteiger partial charge on any atom is 0.115 e. The molecule has 0 aliphatic carbocycles. The van der Waals surface area contributed by atoms with Gasteiger partial charge in [-0.1, -0.05) is 0 Å². The lowest BCUT2D eigenvalue weighted by Crippen LogP contribution is -2.23. The summed E-state index contributed by atoms with van der Waals surface area (Å²) >= 11 is 0. The van der Waals surface area contributed by atoms with E-state index in [4.69, 9.17) is 0 Å². The van der Waals surface area contributed by atoms with Crippen molar-refractivity contribution in [2.24, 2.45) is 4.99 Å². The number of hydrogen-bond donors (Lipinski definition) is 1. The van der Waals surface area contributed by atoms with Gasteiger partial charge in [0.2, 0.25) is 0 Å². The lowest BCUT2D eigenvalue weighted by Gasteiger charge is -2.26. The summed E-state index contributed by atoms with van der Waals surface area (Å²) in [6, 6.07) is 5.44. The van der Waals surface area contributed by atoms with Crippen molar-refractivity contribution in [3.8, 4) is 5.75 Å². The Morgan fingerprint density at radius 3 is 2.69 bits per heavy atom. The number of aryl methyl sites for hydroxylation is 1. The third kappa shape index (κ3) is 1.81. The molecule has 0 amide bonds. The van der Waals surface area contributed by atoms with Crippen LogP contribution >= 0.6 is 0 Å². The lowest BCUT2D eigenvalue weighted by molar-refractivity contribution is 0.474. The fraction of sp³-hybridized carbons (Fsp3) is 0.308. The number of hydrogen-bond acceptors (Lipinski definition) is 3. The molecule has 1 N–H and O–H groups in total. The molecule has 0 aromatic heterocycles. The van der Waals surface area contributed by atoms with Crippen LogP contribution in [0.3, 0.4) is 0 Å². The van der Waals surface area contributed by atoms with Crippen LogP contribution in [-0.4, -0.2) is 29.8 Å². The van der Waals surface area contributed by atoms with E-state index in [0.717, 1.165) is 29.1 Å². The van der Waals surface area contributed by atoms with Crippen molar-refractivity contribution in [3.05, 3.63) is 35.0 Å². The molecule has 1 aliphatic rings. The maximum absolute atomic E-state index is 9.41. The molecule has 0 unspecified atom stereocenters. The number of rotatable bonds is 1. The van der Waals surface area contributed by atoms with E-state index in [1.807, 2.05) is 26.1 Å². The summed E-state index contributed by atoms with van der Waals surface area (Å²) in [7, 11) is 2.05. The van der Waals surface area contributed by atoms with E-state index < -0.39 is 0 Å². The van der Waals surface area contributed by atoms with E-state index >= 15 is 0 Å². The molecule has 0 saturated heterocycles. The van der Waals surface area contributed by atoms with Crippen LogP contribution in [0.15, 0.2) is 28.9 Å². The summed E-state index contributed by atoms with van der Waals surface area (Å²) in [6.07, 6.45) is 1.91. The van der Waals surface area contributed by atoms with E-state index in [1.165, 1.54) is 0 Å². The monoisotopic (exact) mass is 216 g/mol. The van der Waals surface area contributed by atoms with Gasteiger partial charge in [0.25, 0.3) is 0 Å².